The number of imidazole rings is 1. The quantitative estimate of drug-likeness (QED) is 0.362. The van der Waals surface area contributed by atoms with E-state index in [4.69, 9.17) is 9.97 Å². The first-order chi connectivity index (χ1) is 23.7. The number of fused-ring (bicyclic) bond motifs is 1. The second-order valence-electron chi connectivity index (χ2n) is 14.4. The third kappa shape index (κ3) is 7.85. The summed E-state index contributed by atoms with van der Waals surface area (Å²) in [5.41, 5.74) is 1.30. The van der Waals surface area contributed by atoms with Gasteiger partial charge in [-0.2, -0.15) is 4.98 Å². The predicted molar refractivity (Wildman–Crippen MR) is 190 cm³/mol. The molecular formula is C36H52F2N10O2. The van der Waals surface area contributed by atoms with Gasteiger partial charge < -0.3 is 30.2 Å². The summed E-state index contributed by atoms with van der Waals surface area (Å²) >= 11 is 0. The lowest BCUT2D eigenvalue weighted by molar-refractivity contribution is -0.139. The van der Waals surface area contributed by atoms with E-state index in [0.717, 1.165) is 110 Å². The van der Waals surface area contributed by atoms with Gasteiger partial charge in [0, 0.05) is 82.3 Å². The molecular weight excluding hydrogens is 642 g/mol. The van der Waals surface area contributed by atoms with Crippen molar-refractivity contribution in [3.63, 3.8) is 0 Å². The van der Waals surface area contributed by atoms with Crippen molar-refractivity contribution in [1.29, 1.82) is 0 Å². The number of benzene rings is 1. The molecule has 0 spiro atoms. The monoisotopic (exact) mass is 694 g/mol. The van der Waals surface area contributed by atoms with Crippen molar-refractivity contribution in [3.8, 4) is 0 Å². The highest BCUT2D eigenvalue weighted by Gasteiger charge is 2.34. The molecule has 12 nitrogen and oxygen atoms in total. The lowest BCUT2D eigenvalue weighted by atomic mass is 9.85. The van der Waals surface area contributed by atoms with E-state index in [-0.39, 0.29) is 48.8 Å². The van der Waals surface area contributed by atoms with Gasteiger partial charge in [0.05, 0.1) is 11.9 Å². The van der Waals surface area contributed by atoms with Gasteiger partial charge in [0.25, 0.3) is 0 Å². The first-order valence-electron chi connectivity index (χ1n) is 17.9. The molecule has 4 heterocycles. The van der Waals surface area contributed by atoms with Crippen molar-refractivity contribution in [2.45, 2.75) is 70.9 Å². The number of rotatable bonds is 7. The average Bonchev–Trinajstić information content (AvgIpc) is 3.47. The van der Waals surface area contributed by atoms with Crippen molar-refractivity contribution >= 4 is 40.6 Å². The number of hydrogen-bond acceptors (Lipinski definition) is 9. The zero-order chi connectivity index (χ0) is 34.1. The van der Waals surface area contributed by atoms with E-state index in [1.54, 1.807) is 6.20 Å². The summed E-state index contributed by atoms with van der Waals surface area (Å²) in [6, 6.07) is 3.55. The van der Waals surface area contributed by atoms with Crippen LogP contribution in [0.2, 0.25) is 0 Å². The largest absolute Gasteiger partial charge is 0.351 e. The molecule has 272 valence electrons. The normalized spacial score (nSPS) is 25.3. The smallest absolute Gasteiger partial charge is 0.225 e. The Hall–Kier alpha value is -3.91. The molecule has 4 fully saturated rings. The number of anilines is 3. The molecule has 2 aliphatic heterocycles. The van der Waals surface area contributed by atoms with Gasteiger partial charge in [-0.25, -0.2) is 18.7 Å². The molecule has 2 aliphatic carbocycles. The van der Waals surface area contributed by atoms with E-state index in [1.807, 2.05) is 14.4 Å². The van der Waals surface area contributed by atoms with E-state index >= 15 is 0 Å². The highest BCUT2D eigenvalue weighted by atomic mass is 19.1. The fourth-order valence-corrected chi connectivity index (χ4v) is 7.92. The first-order valence-corrected chi connectivity index (χ1v) is 17.9. The third-order valence-electron chi connectivity index (χ3n) is 11.1. The maximum atomic E-state index is 14.8. The number of halogens is 2. The maximum Gasteiger partial charge on any atom is 0.225 e. The molecule has 2 N–H and O–H groups in total. The average molecular weight is 695 g/mol. The maximum absolute atomic E-state index is 14.8. The van der Waals surface area contributed by atoms with Gasteiger partial charge in [0.2, 0.25) is 23.7 Å². The molecule has 0 unspecified atom stereocenters. The Bertz CT molecular complexity index is 1640. The molecule has 14 heteroatoms. The fraction of sp³-hybridized carbons (Fsp3) is 0.639. The number of nitrogens with zero attached hydrogens (tertiary/aromatic N) is 8. The van der Waals surface area contributed by atoms with Gasteiger partial charge in [-0.15, -0.1) is 0 Å². The van der Waals surface area contributed by atoms with Crippen molar-refractivity contribution in [2.75, 3.05) is 77.1 Å². The lowest BCUT2D eigenvalue weighted by Gasteiger charge is -2.37. The zero-order valence-corrected chi connectivity index (χ0v) is 28.6. The van der Waals surface area contributed by atoms with E-state index in [1.165, 1.54) is 12.1 Å². The van der Waals surface area contributed by atoms with Crippen LogP contribution in [0.5, 0.6) is 0 Å². The summed E-state index contributed by atoms with van der Waals surface area (Å²) < 4.78 is 30.5. The van der Waals surface area contributed by atoms with Crippen LogP contribution < -0.4 is 10.6 Å². The number of likely N-dealkylation sites (N-methyl/N-ethyl adjacent to an activating group) is 2. The molecule has 0 atom stereocenters. The number of carbonyl (C=O) groups is 2. The highest BCUT2D eigenvalue weighted by Crippen LogP contribution is 2.38. The van der Waals surface area contributed by atoms with Crippen LogP contribution in [-0.4, -0.2) is 123 Å². The molecule has 0 radical (unpaired) electrons. The minimum atomic E-state index is -0.713. The molecule has 4 aliphatic rings. The van der Waals surface area contributed by atoms with Gasteiger partial charge in [-0.05, 0) is 77.6 Å². The van der Waals surface area contributed by atoms with Crippen LogP contribution in [-0.2, 0) is 9.59 Å². The van der Waals surface area contributed by atoms with Gasteiger partial charge in [-0.1, -0.05) is 7.43 Å². The number of nitrogens with one attached hydrogen (secondary N) is 2. The Kier molecular flexibility index (Phi) is 11.2. The molecule has 50 heavy (non-hydrogen) atoms. The van der Waals surface area contributed by atoms with Gasteiger partial charge >= 0.3 is 0 Å². The Morgan fingerprint density at radius 1 is 0.760 bits per heavy atom. The molecule has 2 saturated carbocycles. The SMILES string of the molecule is C.CN1CCN(C(=O)C2CCC(Nc3ncc4nc(Nc5ccc(F)cc5F)n(C5CCC(C(=O)N6CCN(C)CC6)CC5)c4n3)CC2)CC1. The van der Waals surface area contributed by atoms with Gasteiger partial charge in [0.1, 0.15) is 17.2 Å². The summed E-state index contributed by atoms with van der Waals surface area (Å²) in [4.78, 5) is 49.3. The van der Waals surface area contributed by atoms with Crippen LogP contribution in [0.1, 0.15) is 64.8 Å². The summed E-state index contributed by atoms with van der Waals surface area (Å²) in [6.45, 7) is 6.75. The summed E-state index contributed by atoms with van der Waals surface area (Å²) in [6.07, 6.45) is 8.02. The standard InChI is InChI=1S/C35H48F2N10O2.CH4/c1-43-13-17-45(18-14-43)32(48)23-3-8-26(9-4-23)39-34-38-22-30-31(42-34)47(35(41-30)40-29-12-7-25(36)21-28(29)37)27-10-5-24(6-11-27)33(49)46-19-15-44(2)16-20-46;/h7,12,21-24,26-27H,3-6,8-11,13-20H2,1-2H3,(H,40,41)(H,38,39,42);1H4. The van der Waals surface area contributed by atoms with E-state index in [0.29, 0.717) is 23.1 Å². The Morgan fingerprint density at radius 3 is 1.88 bits per heavy atom. The molecule has 2 saturated heterocycles. The first kappa shape index (κ1) is 35.9. The van der Waals surface area contributed by atoms with Crippen molar-refractivity contribution < 1.29 is 18.4 Å². The number of piperazine rings is 2. The van der Waals surface area contributed by atoms with Gasteiger partial charge in [0.15, 0.2) is 5.65 Å². The molecule has 7 rings (SSSR count). The second kappa shape index (κ2) is 15.5. The summed E-state index contributed by atoms with van der Waals surface area (Å²) in [7, 11) is 4.18. The second-order valence-corrected chi connectivity index (χ2v) is 14.4. The van der Waals surface area contributed by atoms with Crippen LogP contribution >= 0.6 is 0 Å². The fourth-order valence-electron chi connectivity index (χ4n) is 7.92. The molecule has 0 bridgehead atoms. The molecule has 3 aromatic rings. The van der Waals surface area contributed by atoms with Crippen molar-refractivity contribution in [1.82, 2.24) is 39.1 Å². The Balaban J connectivity index is 0.00000432. The minimum Gasteiger partial charge on any atom is -0.351 e. The number of hydrogen-bond donors (Lipinski definition) is 2. The van der Waals surface area contributed by atoms with Crippen LogP contribution in [0.25, 0.3) is 11.2 Å². The topological polar surface area (TPSA) is 115 Å². The van der Waals surface area contributed by atoms with E-state index in [2.05, 4.69) is 39.5 Å². The molecule has 2 amide bonds. The Labute approximate surface area is 293 Å². The summed E-state index contributed by atoms with van der Waals surface area (Å²) in [5, 5.41) is 6.61. The van der Waals surface area contributed by atoms with Crippen LogP contribution in [0.4, 0.5) is 26.4 Å². The van der Waals surface area contributed by atoms with Crippen molar-refractivity contribution in [2.24, 2.45) is 11.8 Å². The minimum absolute atomic E-state index is 0. The Morgan fingerprint density at radius 2 is 1.32 bits per heavy atom. The number of aromatic nitrogens is 4. The third-order valence-corrected chi connectivity index (χ3v) is 11.1. The van der Waals surface area contributed by atoms with Crippen LogP contribution in [0.3, 0.4) is 0 Å². The van der Waals surface area contributed by atoms with Crippen LogP contribution in [0, 0.1) is 23.5 Å². The van der Waals surface area contributed by atoms with Crippen molar-refractivity contribution in [3.05, 3.63) is 36.0 Å². The zero-order valence-electron chi connectivity index (χ0n) is 28.6. The van der Waals surface area contributed by atoms with E-state index < -0.39 is 11.6 Å². The lowest BCUT2D eigenvalue weighted by Crippen LogP contribution is -2.49. The number of amides is 2. The molecule has 2 aromatic heterocycles. The summed E-state index contributed by atoms with van der Waals surface area (Å²) in [5.74, 6) is 0.0860. The van der Waals surface area contributed by atoms with E-state index in [9.17, 15) is 18.4 Å². The van der Waals surface area contributed by atoms with Crippen LogP contribution in [0.15, 0.2) is 24.4 Å². The highest BCUT2D eigenvalue weighted by molar-refractivity contribution is 5.80. The molecule has 1 aromatic carbocycles. The van der Waals surface area contributed by atoms with Gasteiger partial charge in [-0.3, -0.25) is 14.2 Å². The number of carbonyl (C=O) groups excluding carboxylic acids is 2. The predicted octanol–water partition coefficient (Wildman–Crippen LogP) is 4.73.